The van der Waals surface area contributed by atoms with Gasteiger partial charge in [0.1, 0.15) is 5.75 Å². The third-order valence-electron chi connectivity index (χ3n) is 4.86. The maximum absolute atomic E-state index is 12.9. The van der Waals surface area contributed by atoms with Crippen molar-refractivity contribution in [3.63, 3.8) is 0 Å². The van der Waals surface area contributed by atoms with E-state index in [9.17, 15) is 13.2 Å². The number of benzene rings is 3. The second-order valence-corrected chi connectivity index (χ2v) is 8.90. The zero-order valence-corrected chi connectivity index (χ0v) is 18.6. The molecule has 1 N–H and O–H groups in total. The number of amides is 1. The molecule has 1 aromatic heterocycles. The van der Waals surface area contributed by atoms with E-state index in [1.54, 1.807) is 61.7 Å². The summed E-state index contributed by atoms with van der Waals surface area (Å²) in [6, 6.07) is 21.3. The number of anilines is 2. The van der Waals surface area contributed by atoms with E-state index in [4.69, 9.17) is 9.15 Å². The Kier molecular flexibility index (Phi) is 6.09. The van der Waals surface area contributed by atoms with Crippen LogP contribution in [0, 0.1) is 0 Å². The van der Waals surface area contributed by atoms with Gasteiger partial charge < -0.3 is 9.15 Å². The number of carbonyl (C=O) groups is 1. The summed E-state index contributed by atoms with van der Waals surface area (Å²) >= 11 is 0. The van der Waals surface area contributed by atoms with Crippen LogP contribution in [0.1, 0.15) is 10.4 Å². The van der Waals surface area contributed by atoms with Crippen molar-refractivity contribution in [3.05, 3.63) is 84.4 Å². The maximum atomic E-state index is 12.9. The van der Waals surface area contributed by atoms with Gasteiger partial charge in [-0.2, -0.15) is 0 Å². The molecule has 0 atom stereocenters. The van der Waals surface area contributed by atoms with Crippen LogP contribution in [0.5, 0.6) is 5.75 Å². The van der Waals surface area contributed by atoms with E-state index in [1.807, 2.05) is 0 Å². The van der Waals surface area contributed by atoms with Crippen LogP contribution in [0.2, 0.25) is 0 Å². The van der Waals surface area contributed by atoms with Crippen LogP contribution in [0.15, 0.2) is 88.2 Å². The monoisotopic (exact) mass is 464 g/mol. The quantitative estimate of drug-likeness (QED) is 0.442. The van der Waals surface area contributed by atoms with E-state index in [0.717, 1.165) is 0 Å². The number of nitrogens with zero attached hydrogens (tertiary/aromatic N) is 3. The Morgan fingerprint density at radius 1 is 0.970 bits per heavy atom. The number of carbonyl (C=O) groups excluding carboxylic acids is 1. The summed E-state index contributed by atoms with van der Waals surface area (Å²) in [7, 11) is -0.753. The lowest BCUT2D eigenvalue weighted by Gasteiger charge is -2.19. The summed E-state index contributed by atoms with van der Waals surface area (Å²) in [5, 5.41) is 10.3. The largest absolute Gasteiger partial charge is 0.497 e. The molecular weight excluding hydrogens is 444 g/mol. The third-order valence-corrected chi connectivity index (χ3v) is 6.66. The smallest absolute Gasteiger partial charge is 0.322 e. The van der Waals surface area contributed by atoms with Gasteiger partial charge in [-0.3, -0.25) is 14.4 Å². The number of hydrogen-bond donors (Lipinski definition) is 1. The number of nitrogens with one attached hydrogen (secondary N) is 1. The van der Waals surface area contributed by atoms with Crippen molar-refractivity contribution in [2.75, 3.05) is 23.8 Å². The summed E-state index contributed by atoms with van der Waals surface area (Å²) in [6.45, 7) is 0. The molecule has 10 heteroatoms. The van der Waals surface area contributed by atoms with Gasteiger partial charge in [-0.15, -0.1) is 5.10 Å². The minimum atomic E-state index is -3.78. The van der Waals surface area contributed by atoms with Crippen LogP contribution < -0.4 is 14.4 Å². The number of hydrogen-bond acceptors (Lipinski definition) is 7. The maximum Gasteiger partial charge on any atom is 0.322 e. The molecule has 168 valence electrons. The molecule has 4 aromatic rings. The molecule has 0 fully saturated rings. The topological polar surface area (TPSA) is 115 Å². The average molecular weight is 465 g/mol. The lowest BCUT2D eigenvalue weighted by Crippen LogP contribution is -2.26. The molecule has 0 bridgehead atoms. The van der Waals surface area contributed by atoms with Crippen molar-refractivity contribution in [1.82, 2.24) is 10.2 Å². The van der Waals surface area contributed by atoms with Crippen LogP contribution in [-0.2, 0) is 10.0 Å². The summed E-state index contributed by atoms with van der Waals surface area (Å²) in [5.74, 6) is 0.329. The van der Waals surface area contributed by atoms with Crippen molar-refractivity contribution in [2.45, 2.75) is 4.90 Å². The first kappa shape index (κ1) is 22.0. The first-order valence-corrected chi connectivity index (χ1v) is 11.3. The number of ether oxygens (including phenoxy) is 1. The average Bonchev–Trinajstić information content (AvgIpc) is 3.32. The highest BCUT2D eigenvalue weighted by atomic mass is 32.2. The molecule has 0 aliphatic carbocycles. The summed E-state index contributed by atoms with van der Waals surface area (Å²) in [4.78, 5) is 12.6. The van der Waals surface area contributed by atoms with Crippen molar-refractivity contribution in [3.8, 4) is 17.2 Å². The van der Waals surface area contributed by atoms with Gasteiger partial charge in [0.15, 0.2) is 0 Å². The number of para-hydroxylation sites is 1. The van der Waals surface area contributed by atoms with Gasteiger partial charge in [-0.25, -0.2) is 8.42 Å². The molecule has 9 nitrogen and oxygen atoms in total. The first-order chi connectivity index (χ1) is 15.9. The van der Waals surface area contributed by atoms with Gasteiger partial charge in [0, 0.05) is 18.2 Å². The second kappa shape index (κ2) is 9.13. The molecule has 33 heavy (non-hydrogen) atoms. The summed E-state index contributed by atoms with van der Waals surface area (Å²) < 4.78 is 37.6. The normalized spacial score (nSPS) is 11.1. The lowest BCUT2D eigenvalue weighted by molar-refractivity contribution is 0.102. The Bertz CT molecular complexity index is 1370. The fourth-order valence-electron chi connectivity index (χ4n) is 3.03. The Morgan fingerprint density at radius 3 is 2.39 bits per heavy atom. The van der Waals surface area contributed by atoms with Gasteiger partial charge in [0.2, 0.25) is 5.89 Å². The fraction of sp³-hybridized carbons (Fsp3) is 0.0870. The summed E-state index contributed by atoms with van der Waals surface area (Å²) in [5.41, 5.74) is 1.40. The molecule has 3 aromatic carbocycles. The van der Waals surface area contributed by atoms with E-state index in [2.05, 4.69) is 15.5 Å². The predicted octanol–water partition coefficient (Wildman–Crippen LogP) is 3.82. The molecular formula is C23H20N4O5S. The second-order valence-electron chi connectivity index (χ2n) is 6.93. The summed E-state index contributed by atoms with van der Waals surface area (Å²) in [6.07, 6.45) is 0. The van der Waals surface area contributed by atoms with E-state index in [1.165, 1.54) is 35.6 Å². The molecule has 0 spiro atoms. The Labute approximate surface area is 190 Å². The van der Waals surface area contributed by atoms with Gasteiger partial charge in [-0.05, 0) is 54.6 Å². The van der Waals surface area contributed by atoms with Gasteiger partial charge in [0.05, 0.1) is 17.7 Å². The molecule has 0 unspecified atom stereocenters. The van der Waals surface area contributed by atoms with Crippen LogP contribution >= 0.6 is 0 Å². The van der Waals surface area contributed by atoms with E-state index < -0.39 is 15.9 Å². The van der Waals surface area contributed by atoms with Crippen molar-refractivity contribution in [1.29, 1.82) is 0 Å². The molecule has 1 heterocycles. The highest BCUT2D eigenvalue weighted by molar-refractivity contribution is 7.92. The van der Waals surface area contributed by atoms with Crippen LogP contribution in [0.3, 0.4) is 0 Å². The molecule has 0 saturated heterocycles. The van der Waals surface area contributed by atoms with Crippen molar-refractivity contribution < 1.29 is 22.4 Å². The van der Waals surface area contributed by atoms with Gasteiger partial charge in [-0.1, -0.05) is 29.4 Å². The van der Waals surface area contributed by atoms with E-state index >= 15 is 0 Å². The van der Waals surface area contributed by atoms with E-state index in [0.29, 0.717) is 17.0 Å². The molecule has 0 radical (unpaired) electrons. The zero-order valence-electron chi connectivity index (χ0n) is 17.8. The molecule has 0 saturated carbocycles. The van der Waals surface area contributed by atoms with Gasteiger partial charge >= 0.3 is 6.01 Å². The van der Waals surface area contributed by atoms with Crippen LogP contribution in [0.4, 0.5) is 11.7 Å². The molecule has 0 aliphatic heterocycles. The molecule has 0 aliphatic rings. The standard InChI is InChI=1S/C23H20N4O5S/c1-27(18-8-4-3-5-9-18)33(29,30)20-13-11-16(12-14-20)21(28)24-23-26-25-22(32-23)17-7-6-10-19(15-17)31-2/h3-15H,1-2H3,(H,24,26,28). The zero-order chi connectivity index (χ0) is 23.4. The van der Waals surface area contributed by atoms with Gasteiger partial charge in [0.25, 0.3) is 15.9 Å². The predicted molar refractivity (Wildman–Crippen MR) is 123 cm³/mol. The van der Waals surface area contributed by atoms with Crippen LogP contribution in [-0.4, -0.2) is 38.7 Å². The van der Waals surface area contributed by atoms with Crippen molar-refractivity contribution >= 4 is 27.6 Å². The van der Waals surface area contributed by atoms with Crippen molar-refractivity contribution in [2.24, 2.45) is 0 Å². The third kappa shape index (κ3) is 4.70. The SMILES string of the molecule is COc1cccc(-c2nnc(NC(=O)c3ccc(S(=O)(=O)N(C)c4ccccc4)cc3)o2)c1. The number of sulfonamides is 1. The number of aromatic nitrogens is 2. The van der Waals surface area contributed by atoms with Crippen LogP contribution in [0.25, 0.3) is 11.5 Å². The minimum Gasteiger partial charge on any atom is -0.497 e. The highest BCUT2D eigenvalue weighted by Gasteiger charge is 2.22. The fourth-order valence-corrected chi connectivity index (χ4v) is 4.22. The Morgan fingerprint density at radius 2 is 1.70 bits per heavy atom. The highest BCUT2D eigenvalue weighted by Crippen LogP contribution is 2.25. The van der Waals surface area contributed by atoms with E-state index in [-0.39, 0.29) is 22.4 Å². The first-order valence-electron chi connectivity index (χ1n) is 9.82. The lowest BCUT2D eigenvalue weighted by atomic mass is 10.2. The minimum absolute atomic E-state index is 0.0588. The Hall–Kier alpha value is -4.18. The number of methoxy groups -OCH3 is 1. The number of rotatable bonds is 7. The Balaban J connectivity index is 1.47. The molecule has 4 rings (SSSR count). The molecule has 1 amide bonds.